The van der Waals surface area contributed by atoms with Gasteiger partial charge in [0.25, 0.3) is 0 Å². The van der Waals surface area contributed by atoms with Crippen molar-refractivity contribution in [3.63, 3.8) is 0 Å². The van der Waals surface area contributed by atoms with Crippen LogP contribution >= 0.6 is 39.0 Å². The summed E-state index contributed by atoms with van der Waals surface area (Å²) in [6.07, 6.45) is 1.99. The predicted octanol–water partition coefficient (Wildman–Crippen LogP) is 4.15. The fraction of sp³-hybridized carbons (Fsp3) is 0.176. The molecule has 8 heteroatoms. The molecule has 0 spiro atoms. The summed E-state index contributed by atoms with van der Waals surface area (Å²) in [7, 11) is 0. The monoisotopic (exact) mass is 435 g/mol. The van der Waals surface area contributed by atoms with Crippen molar-refractivity contribution in [3.8, 4) is 16.3 Å². The number of hydrogen-bond acceptors (Lipinski definition) is 5. The number of para-hydroxylation sites is 1. The molecule has 0 radical (unpaired) electrons. The van der Waals surface area contributed by atoms with Crippen molar-refractivity contribution in [2.45, 2.75) is 11.4 Å². The number of aliphatic carboxylic acids is 1. The summed E-state index contributed by atoms with van der Waals surface area (Å²) in [5.74, 6) is -0.268. The Morgan fingerprint density at radius 3 is 2.72 bits per heavy atom. The van der Waals surface area contributed by atoms with Crippen LogP contribution in [0.3, 0.4) is 0 Å². The lowest BCUT2D eigenvalue weighted by atomic mass is 10.2. The molecule has 1 saturated heterocycles. The van der Waals surface area contributed by atoms with E-state index in [2.05, 4.69) is 21.2 Å². The van der Waals surface area contributed by atoms with Crippen molar-refractivity contribution in [2.75, 3.05) is 5.75 Å². The zero-order valence-electron chi connectivity index (χ0n) is 12.9. The Bertz CT molecular complexity index is 910. The van der Waals surface area contributed by atoms with Crippen LogP contribution in [0, 0.1) is 0 Å². The molecule has 1 unspecified atom stereocenters. The van der Waals surface area contributed by atoms with Crippen molar-refractivity contribution in [1.82, 2.24) is 15.1 Å². The Morgan fingerprint density at radius 1 is 1.28 bits per heavy atom. The summed E-state index contributed by atoms with van der Waals surface area (Å²) in [6, 6.07) is 13.4. The Labute approximate surface area is 161 Å². The molecule has 4 rings (SSSR count). The highest BCUT2D eigenvalue weighted by Crippen LogP contribution is 2.40. The average Bonchev–Trinajstić information content (AvgIpc) is 3.34. The van der Waals surface area contributed by atoms with Gasteiger partial charge in [-0.2, -0.15) is 5.10 Å². The summed E-state index contributed by atoms with van der Waals surface area (Å²) in [6.45, 7) is 0. The molecule has 3 heterocycles. The number of nitrogens with one attached hydrogen (secondary N) is 1. The van der Waals surface area contributed by atoms with Crippen LogP contribution in [0.2, 0.25) is 0 Å². The molecule has 1 fully saturated rings. The molecule has 3 aromatic rings. The van der Waals surface area contributed by atoms with E-state index in [1.165, 1.54) is 0 Å². The first kappa shape index (κ1) is 16.8. The van der Waals surface area contributed by atoms with Crippen molar-refractivity contribution in [3.05, 3.63) is 58.0 Å². The highest BCUT2D eigenvalue weighted by atomic mass is 79.9. The van der Waals surface area contributed by atoms with Gasteiger partial charge in [0, 0.05) is 17.5 Å². The number of carboxylic acid groups (broad SMARTS) is 1. The number of nitrogens with zero attached hydrogens (tertiary/aromatic N) is 2. The van der Waals surface area contributed by atoms with Crippen molar-refractivity contribution in [2.24, 2.45) is 0 Å². The topological polar surface area (TPSA) is 67.1 Å². The van der Waals surface area contributed by atoms with Crippen LogP contribution in [0.5, 0.6) is 0 Å². The maximum absolute atomic E-state index is 11.3. The minimum absolute atomic E-state index is 0.0885. The molecular weight excluding hydrogens is 422 g/mol. The third kappa shape index (κ3) is 3.39. The normalized spacial score (nSPS) is 20.0. The van der Waals surface area contributed by atoms with Gasteiger partial charge >= 0.3 is 5.97 Å². The highest BCUT2D eigenvalue weighted by Gasteiger charge is 2.33. The lowest BCUT2D eigenvalue weighted by Gasteiger charge is -2.10. The molecule has 1 aliphatic heterocycles. The minimum Gasteiger partial charge on any atom is -0.480 e. The Morgan fingerprint density at radius 2 is 2.08 bits per heavy atom. The molecule has 128 valence electrons. The van der Waals surface area contributed by atoms with Crippen LogP contribution in [-0.4, -0.2) is 32.7 Å². The summed E-state index contributed by atoms with van der Waals surface area (Å²) < 4.78 is 2.90. The Hall–Kier alpha value is -1.61. The number of aromatic nitrogens is 2. The summed E-state index contributed by atoms with van der Waals surface area (Å²) in [5, 5.41) is 17.1. The van der Waals surface area contributed by atoms with Gasteiger partial charge in [0.15, 0.2) is 0 Å². The van der Waals surface area contributed by atoms with E-state index < -0.39 is 12.0 Å². The maximum Gasteiger partial charge on any atom is 0.321 e. The number of benzene rings is 1. The van der Waals surface area contributed by atoms with E-state index in [0.717, 1.165) is 25.6 Å². The van der Waals surface area contributed by atoms with Gasteiger partial charge < -0.3 is 5.11 Å². The van der Waals surface area contributed by atoms with Gasteiger partial charge in [-0.3, -0.25) is 10.1 Å². The number of rotatable bonds is 4. The predicted molar refractivity (Wildman–Crippen MR) is 104 cm³/mol. The molecule has 0 bridgehead atoms. The number of thioether (sulfide) groups is 1. The zero-order chi connectivity index (χ0) is 17.4. The number of hydrogen-bond donors (Lipinski definition) is 2. The fourth-order valence-electron chi connectivity index (χ4n) is 2.72. The molecule has 0 aliphatic carbocycles. The average molecular weight is 436 g/mol. The highest BCUT2D eigenvalue weighted by molar-refractivity contribution is 9.11. The lowest BCUT2D eigenvalue weighted by Crippen LogP contribution is -2.33. The van der Waals surface area contributed by atoms with Crippen LogP contribution in [0.25, 0.3) is 16.3 Å². The summed E-state index contributed by atoms with van der Waals surface area (Å²) in [4.78, 5) is 12.3. The molecule has 1 aliphatic rings. The third-order valence-electron chi connectivity index (χ3n) is 3.93. The first-order chi connectivity index (χ1) is 12.1. The Kier molecular flexibility index (Phi) is 4.68. The smallest absolute Gasteiger partial charge is 0.321 e. The molecule has 1 aromatic carbocycles. The van der Waals surface area contributed by atoms with E-state index >= 15 is 0 Å². The van der Waals surface area contributed by atoms with Crippen molar-refractivity contribution >= 4 is 45.0 Å². The molecule has 2 N–H and O–H groups in total. The quantitative estimate of drug-likeness (QED) is 0.643. The second kappa shape index (κ2) is 6.95. The number of thiophene rings is 1. The van der Waals surface area contributed by atoms with E-state index in [9.17, 15) is 9.90 Å². The first-order valence-corrected chi connectivity index (χ1v) is 10.3. The molecule has 0 saturated carbocycles. The second-order valence-electron chi connectivity index (χ2n) is 5.59. The maximum atomic E-state index is 11.3. The van der Waals surface area contributed by atoms with Crippen LogP contribution in [0.1, 0.15) is 10.9 Å². The van der Waals surface area contributed by atoms with E-state index in [-0.39, 0.29) is 5.37 Å². The standard InChI is InChI=1S/C17H14BrN3O2S2/c18-14-7-6-13(25-14)15-11(16-19-12(9-24-16)17(22)23)8-21(20-15)10-4-2-1-3-5-10/h1-8,12,16,19H,9H2,(H,22,23)/t12-,16?/m1/s1. The van der Waals surface area contributed by atoms with Gasteiger partial charge in [-0.1, -0.05) is 18.2 Å². The molecule has 5 nitrogen and oxygen atoms in total. The largest absolute Gasteiger partial charge is 0.480 e. The van der Waals surface area contributed by atoms with Crippen LogP contribution in [0.15, 0.2) is 52.4 Å². The second-order valence-corrected chi connectivity index (χ2v) is 9.19. The van der Waals surface area contributed by atoms with E-state index in [1.807, 2.05) is 53.3 Å². The molecule has 2 aromatic heterocycles. The SMILES string of the molecule is O=C(O)[C@H]1CSC(c2cn(-c3ccccc3)nc2-c2ccc(Br)s2)N1. The molecule has 0 amide bonds. The third-order valence-corrected chi connectivity index (χ3v) is 6.81. The van der Waals surface area contributed by atoms with Gasteiger partial charge in [0.05, 0.1) is 19.7 Å². The first-order valence-electron chi connectivity index (χ1n) is 7.63. The van der Waals surface area contributed by atoms with E-state index in [0.29, 0.717) is 5.75 Å². The summed E-state index contributed by atoms with van der Waals surface area (Å²) in [5.41, 5.74) is 2.87. The molecular formula is C17H14BrN3O2S2. The lowest BCUT2D eigenvalue weighted by molar-refractivity contribution is -0.138. The fourth-order valence-corrected chi connectivity index (χ4v) is 5.35. The van der Waals surface area contributed by atoms with Gasteiger partial charge in [0.2, 0.25) is 0 Å². The van der Waals surface area contributed by atoms with Crippen LogP contribution in [-0.2, 0) is 4.79 Å². The molecule has 25 heavy (non-hydrogen) atoms. The van der Waals surface area contributed by atoms with Gasteiger partial charge in [-0.05, 0) is 40.2 Å². The summed E-state index contributed by atoms with van der Waals surface area (Å²) >= 11 is 6.72. The van der Waals surface area contributed by atoms with Crippen LogP contribution < -0.4 is 5.32 Å². The van der Waals surface area contributed by atoms with Gasteiger partial charge in [-0.25, -0.2) is 4.68 Å². The number of carboxylic acids is 1. The van der Waals surface area contributed by atoms with Crippen molar-refractivity contribution in [1.29, 1.82) is 0 Å². The Balaban J connectivity index is 1.76. The van der Waals surface area contributed by atoms with Crippen molar-refractivity contribution < 1.29 is 9.90 Å². The molecule has 2 atom stereocenters. The van der Waals surface area contributed by atoms with E-state index in [4.69, 9.17) is 5.10 Å². The van der Waals surface area contributed by atoms with E-state index in [1.54, 1.807) is 23.1 Å². The van der Waals surface area contributed by atoms with Gasteiger partial charge in [0.1, 0.15) is 11.7 Å². The van der Waals surface area contributed by atoms with Crippen LogP contribution in [0.4, 0.5) is 0 Å². The number of halogens is 1. The van der Waals surface area contributed by atoms with Gasteiger partial charge in [-0.15, -0.1) is 23.1 Å². The minimum atomic E-state index is -0.814. The zero-order valence-corrected chi connectivity index (χ0v) is 16.1. The number of carbonyl (C=O) groups is 1.